The van der Waals surface area contributed by atoms with Crippen LogP contribution in [0.25, 0.3) is 0 Å². The maximum atomic E-state index is 9.11. The van der Waals surface area contributed by atoms with Crippen molar-refractivity contribution in [3.63, 3.8) is 0 Å². The van der Waals surface area contributed by atoms with Crippen molar-refractivity contribution in [3.8, 4) is 0 Å². The highest BCUT2D eigenvalue weighted by Gasteiger charge is 1.94. The summed E-state index contributed by atoms with van der Waals surface area (Å²) in [5.41, 5.74) is 0. The molecule has 38 valence electrons. The second-order valence-electron chi connectivity index (χ2n) is 0.550. The van der Waals surface area contributed by atoms with Gasteiger partial charge in [0.15, 0.2) is 0 Å². The summed E-state index contributed by atoms with van der Waals surface area (Å²) in [6, 6.07) is 0. The minimum atomic E-state index is -4.84. The molecule has 0 saturated carbocycles. The van der Waals surface area contributed by atoms with E-state index in [9.17, 15) is 0 Å². The first kappa shape index (κ1) is 6.07. The second-order valence-corrected chi connectivity index (χ2v) is 1.65. The van der Waals surface area contributed by atoms with Gasteiger partial charge < -0.3 is 9.79 Å². The van der Waals surface area contributed by atoms with Crippen LogP contribution in [0, 0.1) is 0 Å². The first-order valence-corrected chi connectivity index (χ1v) is 2.43. The van der Waals surface area contributed by atoms with E-state index < -0.39 is 7.82 Å². The maximum absolute atomic E-state index is 9.11. The summed E-state index contributed by atoms with van der Waals surface area (Å²) in [4.78, 5) is 16.5. The van der Waals surface area contributed by atoms with Crippen LogP contribution in [0.1, 0.15) is 0 Å². The molecule has 0 aliphatic heterocycles. The molecule has 0 fully saturated rings. The Labute approximate surface area is 33.3 Å². The topological polar surface area (TPSA) is 89.8 Å². The summed E-state index contributed by atoms with van der Waals surface area (Å²) in [6.45, 7) is 0. The molecule has 0 rings (SSSR count). The van der Waals surface area contributed by atoms with Crippen molar-refractivity contribution in [1.82, 2.24) is 0 Å². The van der Waals surface area contributed by atoms with Gasteiger partial charge in [0, 0.05) is 0 Å². The number of hydrogen-bond donors (Lipinski definition) is 2. The van der Waals surface area contributed by atoms with Crippen molar-refractivity contribution in [1.29, 1.82) is 0 Å². The lowest BCUT2D eigenvalue weighted by Gasteiger charge is -2.06. The van der Waals surface area contributed by atoms with Crippen LogP contribution in [0.15, 0.2) is 0 Å². The molecule has 1 unspecified atom stereocenters. The fraction of sp³-hybridized carbons (Fsp3) is 0. The Morgan fingerprint density at radius 2 is 2.00 bits per heavy atom. The molecule has 0 spiro atoms. The Hall–Kier alpha value is 0.0700. The van der Waals surface area contributed by atoms with Gasteiger partial charge in [-0.15, -0.1) is 0 Å². The van der Waals surface area contributed by atoms with Crippen molar-refractivity contribution in [2.45, 2.75) is 0 Å². The zero-order valence-corrected chi connectivity index (χ0v) is 3.46. The molecule has 0 aliphatic rings. The molecule has 2 N–H and O–H groups in total. The molecule has 0 saturated heterocycles. The summed E-state index contributed by atoms with van der Waals surface area (Å²) < 4.78 is 11.6. The minimum Gasteiger partial charge on any atom is -0.755 e. The fourth-order valence-electron chi connectivity index (χ4n) is 0. The Balaban J connectivity index is 3.48. The number of phosphoric acid groups is 1. The van der Waals surface area contributed by atoms with Crippen LogP contribution in [-0.2, 0) is 9.24 Å². The van der Waals surface area contributed by atoms with E-state index in [2.05, 4.69) is 4.67 Å². The minimum absolute atomic E-state index is 2.49. The lowest BCUT2D eigenvalue weighted by molar-refractivity contribution is -0.278. The van der Waals surface area contributed by atoms with Gasteiger partial charge in [-0.25, -0.2) is 5.26 Å². The van der Waals surface area contributed by atoms with Gasteiger partial charge in [0.25, 0.3) is 7.82 Å². The van der Waals surface area contributed by atoms with Gasteiger partial charge in [0.05, 0.1) is 0 Å². The highest BCUT2D eigenvalue weighted by atomic mass is 31.2. The van der Waals surface area contributed by atoms with E-state index in [1.807, 2.05) is 0 Å². The van der Waals surface area contributed by atoms with E-state index in [4.69, 9.17) is 19.6 Å². The Bertz CT molecular complexity index is 68.0. The first-order valence-electron chi connectivity index (χ1n) is 0.930. The first-order chi connectivity index (χ1) is 2.56. The molecule has 0 heterocycles. The molecule has 0 radical (unpaired) electrons. The summed E-state index contributed by atoms with van der Waals surface area (Å²) in [5, 5.41) is 7.08. The van der Waals surface area contributed by atoms with Crippen molar-refractivity contribution >= 4 is 7.82 Å². The molecular weight excluding hydrogens is 111 g/mol. The van der Waals surface area contributed by atoms with Crippen molar-refractivity contribution in [3.05, 3.63) is 0 Å². The quantitative estimate of drug-likeness (QED) is 0.257. The van der Waals surface area contributed by atoms with Crippen LogP contribution in [0.5, 0.6) is 0 Å². The fourth-order valence-corrected chi connectivity index (χ4v) is 0. The summed E-state index contributed by atoms with van der Waals surface area (Å²) >= 11 is 0. The SMILES string of the molecule is O=P([O-])(O)OO. The predicted molar refractivity (Wildman–Crippen MR) is 13.5 cm³/mol. The largest absolute Gasteiger partial charge is 0.755 e. The maximum Gasteiger partial charge on any atom is 0.295 e. The molecule has 0 aromatic rings. The molecule has 6 heavy (non-hydrogen) atoms. The molecular formula is H2O5P-. The molecule has 0 aromatic carbocycles. The third-order valence-corrected chi connectivity index (χ3v) is 0.310. The molecule has 0 bridgehead atoms. The van der Waals surface area contributed by atoms with E-state index in [-0.39, 0.29) is 0 Å². The van der Waals surface area contributed by atoms with Gasteiger partial charge in [0.1, 0.15) is 0 Å². The van der Waals surface area contributed by atoms with Crippen molar-refractivity contribution in [2.24, 2.45) is 0 Å². The molecule has 0 amide bonds. The van der Waals surface area contributed by atoms with Gasteiger partial charge in [0.2, 0.25) is 0 Å². The van der Waals surface area contributed by atoms with Gasteiger partial charge in [-0.1, -0.05) is 0 Å². The Morgan fingerprint density at radius 1 is 1.83 bits per heavy atom. The van der Waals surface area contributed by atoms with Crippen LogP contribution in [0.3, 0.4) is 0 Å². The van der Waals surface area contributed by atoms with E-state index in [0.29, 0.717) is 0 Å². The van der Waals surface area contributed by atoms with Crippen LogP contribution in [-0.4, -0.2) is 10.2 Å². The van der Waals surface area contributed by atoms with E-state index in [0.717, 1.165) is 0 Å². The van der Waals surface area contributed by atoms with Crippen LogP contribution in [0.2, 0.25) is 0 Å². The molecule has 0 aromatic heterocycles. The second kappa shape index (κ2) is 1.68. The average molecular weight is 113 g/mol. The van der Waals surface area contributed by atoms with Gasteiger partial charge in [-0.2, -0.15) is 4.67 Å². The van der Waals surface area contributed by atoms with Gasteiger partial charge >= 0.3 is 0 Å². The summed E-state index contributed by atoms with van der Waals surface area (Å²) in [7, 11) is -4.84. The number of rotatable bonds is 1. The summed E-state index contributed by atoms with van der Waals surface area (Å²) in [6.07, 6.45) is 0. The lowest BCUT2D eigenvalue weighted by Crippen LogP contribution is -1.99. The normalized spacial score (nSPS) is 19.8. The molecule has 0 aliphatic carbocycles. The van der Waals surface area contributed by atoms with Gasteiger partial charge in [-0.3, -0.25) is 4.57 Å². The van der Waals surface area contributed by atoms with E-state index >= 15 is 0 Å². The third kappa shape index (κ3) is 4.07. The standard InChI is InChI=1S/H3O5P/c1-5-6(2,3)4/h1H,(H2,2,3,4)/p-1. The molecule has 5 nitrogen and oxygen atoms in total. The Morgan fingerprint density at radius 3 is 2.00 bits per heavy atom. The van der Waals surface area contributed by atoms with Crippen LogP contribution >= 0.6 is 7.82 Å². The molecule has 6 heteroatoms. The monoisotopic (exact) mass is 113 g/mol. The van der Waals surface area contributed by atoms with Crippen molar-refractivity contribution in [2.75, 3.05) is 0 Å². The average Bonchev–Trinajstić information content (AvgIpc) is 1.35. The lowest BCUT2D eigenvalue weighted by atomic mass is 15.0. The molecule has 1 atom stereocenters. The predicted octanol–water partition coefficient (Wildman–Crippen LogP) is -1.06. The zero-order valence-electron chi connectivity index (χ0n) is 2.57. The van der Waals surface area contributed by atoms with Crippen molar-refractivity contribution < 1.29 is 24.3 Å². The third-order valence-electron chi connectivity index (χ3n) is 0.103. The van der Waals surface area contributed by atoms with E-state index in [1.165, 1.54) is 0 Å². The summed E-state index contributed by atoms with van der Waals surface area (Å²) in [5.74, 6) is 0. The van der Waals surface area contributed by atoms with Gasteiger partial charge in [-0.05, 0) is 0 Å². The highest BCUT2D eigenvalue weighted by molar-refractivity contribution is 7.44. The smallest absolute Gasteiger partial charge is 0.295 e. The zero-order chi connectivity index (χ0) is 5.21. The van der Waals surface area contributed by atoms with E-state index in [1.54, 1.807) is 0 Å². The number of hydrogen-bond acceptors (Lipinski definition) is 4. The van der Waals surface area contributed by atoms with Crippen LogP contribution in [0.4, 0.5) is 0 Å². The highest BCUT2D eigenvalue weighted by Crippen LogP contribution is 2.27. The van der Waals surface area contributed by atoms with Crippen LogP contribution < -0.4 is 4.89 Å². The Kier molecular flexibility index (Phi) is 1.70.